The SMILES string of the molecule is Cc1nc(C2CC(n3cc(-c4ccc(Cl)c(F)c4F)nn3)C(O)C(CO)O2)n(-c2cc(Cl)ccc2Cl)n1. The third-order valence-corrected chi connectivity index (χ3v) is 6.92. The number of hydrogen-bond acceptors (Lipinski definition) is 7. The molecule has 194 valence electrons. The van der Waals surface area contributed by atoms with Crippen molar-refractivity contribution in [3.63, 3.8) is 0 Å². The van der Waals surface area contributed by atoms with Crippen molar-refractivity contribution in [1.82, 2.24) is 29.8 Å². The summed E-state index contributed by atoms with van der Waals surface area (Å²) in [6.07, 6.45) is -1.47. The maximum absolute atomic E-state index is 14.5. The van der Waals surface area contributed by atoms with E-state index in [1.165, 1.54) is 27.7 Å². The fourth-order valence-corrected chi connectivity index (χ4v) is 4.80. The molecular weight excluding hydrogens is 553 g/mol. The zero-order valence-electron chi connectivity index (χ0n) is 19.1. The van der Waals surface area contributed by atoms with Crippen molar-refractivity contribution in [3.05, 3.63) is 74.9 Å². The highest BCUT2D eigenvalue weighted by atomic mass is 35.5. The molecule has 0 saturated carbocycles. The summed E-state index contributed by atoms with van der Waals surface area (Å²) in [5, 5.41) is 33.7. The molecule has 1 saturated heterocycles. The largest absolute Gasteiger partial charge is 0.394 e. The first-order chi connectivity index (χ1) is 17.7. The number of halogens is 5. The van der Waals surface area contributed by atoms with Gasteiger partial charge in [0.05, 0.1) is 34.6 Å². The van der Waals surface area contributed by atoms with Gasteiger partial charge in [0.2, 0.25) is 0 Å². The van der Waals surface area contributed by atoms with Crippen LogP contribution < -0.4 is 0 Å². The topological polar surface area (TPSA) is 111 Å². The fourth-order valence-electron chi connectivity index (χ4n) is 4.29. The van der Waals surface area contributed by atoms with Gasteiger partial charge in [-0.05, 0) is 37.3 Å². The molecule has 0 aliphatic carbocycles. The Bertz CT molecular complexity index is 1470. The first-order valence-electron chi connectivity index (χ1n) is 11.1. The van der Waals surface area contributed by atoms with E-state index >= 15 is 0 Å². The lowest BCUT2D eigenvalue weighted by molar-refractivity contribution is -0.161. The normalized spacial score (nSPS) is 21.9. The smallest absolute Gasteiger partial charge is 0.178 e. The molecule has 1 aliphatic heterocycles. The quantitative estimate of drug-likeness (QED) is 0.340. The molecule has 9 nitrogen and oxygen atoms in total. The molecular formula is C23H19Cl3F2N6O3. The average Bonchev–Trinajstić information content (AvgIpc) is 3.51. The van der Waals surface area contributed by atoms with E-state index in [-0.39, 0.29) is 22.7 Å². The molecule has 4 aromatic rings. The summed E-state index contributed by atoms with van der Waals surface area (Å²) in [4.78, 5) is 4.50. The Morgan fingerprint density at radius 2 is 1.86 bits per heavy atom. The number of hydrogen-bond donors (Lipinski definition) is 2. The van der Waals surface area contributed by atoms with E-state index in [0.29, 0.717) is 27.4 Å². The molecule has 0 spiro atoms. The zero-order chi connectivity index (χ0) is 26.4. The summed E-state index contributed by atoms with van der Waals surface area (Å²) in [7, 11) is 0. The summed E-state index contributed by atoms with van der Waals surface area (Å²) >= 11 is 18.2. The average molecular weight is 572 g/mol. The highest BCUT2D eigenvalue weighted by molar-refractivity contribution is 6.34. The lowest BCUT2D eigenvalue weighted by Gasteiger charge is -2.38. The van der Waals surface area contributed by atoms with Crippen molar-refractivity contribution < 1.29 is 23.7 Å². The lowest BCUT2D eigenvalue weighted by Crippen LogP contribution is -2.45. The molecule has 2 aromatic heterocycles. The van der Waals surface area contributed by atoms with Gasteiger partial charge in [0, 0.05) is 17.0 Å². The Hall–Kier alpha value is -2.67. The predicted octanol–water partition coefficient (Wildman–Crippen LogP) is 4.50. The number of benzene rings is 2. The van der Waals surface area contributed by atoms with E-state index in [1.54, 1.807) is 25.1 Å². The van der Waals surface area contributed by atoms with Crippen LogP contribution in [0.4, 0.5) is 8.78 Å². The van der Waals surface area contributed by atoms with E-state index in [9.17, 15) is 19.0 Å². The predicted molar refractivity (Wildman–Crippen MR) is 131 cm³/mol. The first kappa shape index (κ1) is 26.0. The standard InChI is InChI=1S/C23H19Cl3F2N6O3/c1-10-29-23(34(31-10)16-6-11(24)2-4-13(16)25)18-7-17(22(36)19(9-35)37-18)33-8-15(30-32-33)12-3-5-14(26)21(28)20(12)27/h2-6,8,17-19,22,35-36H,7,9H2,1H3. The maximum atomic E-state index is 14.5. The van der Waals surface area contributed by atoms with E-state index in [4.69, 9.17) is 39.5 Å². The molecule has 4 atom stereocenters. The summed E-state index contributed by atoms with van der Waals surface area (Å²) in [6, 6.07) is 6.63. The summed E-state index contributed by atoms with van der Waals surface area (Å²) in [5.74, 6) is -1.57. The van der Waals surface area contributed by atoms with Gasteiger partial charge in [-0.1, -0.05) is 40.0 Å². The third-order valence-electron chi connectivity index (χ3n) is 6.07. The number of aliphatic hydroxyl groups excluding tert-OH is 2. The molecule has 2 N–H and O–H groups in total. The Morgan fingerprint density at radius 1 is 1.11 bits per heavy atom. The van der Waals surface area contributed by atoms with E-state index in [0.717, 1.165) is 0 Å². The van der Waals surface area contributed by atoms with Gasteiger partial charge in [0.25, 0.3) is 0 Å². The molecule has 0 bridgehead atoms. The molecule has 2 aromatic carbocycles. The molecule has 3 heterocycles. The van der Waals surface area contributed by atoms with Crippen LogP contribution in [0.3, 0.4) is 0 Å². The summed E-state index contributed by atoms with van der Waals surface area (Å²) < 4.78 is 37.3. The second-order valence-corrected chi connectivity index (χ2v) is 9.72. The van der Waals surface area contributed by atoms with E-state index in [1.807, 2.05) is 0 Å². The number of aliphatic hydroxyl groups is 2. The number of aromatic nitrogens is 6. The van der Waals surface area contributed by atoms with Gasteiger partial charge in [-0.25, -0.2) is 23.1 Å². The Morgan fingerprint density at radius 3 is 2.62 bits per heavy atom. The Balaban J connectivity index is 1.52. The second-order valence-electron chi connectivity index (χ2n) is 8.47. The van der Waals surface area contributed by atoms with Gasteiger partial charge < -0.3 is 14.9 Å². The molecule has 37 heavy (non-hydrogen) atoms. The van der Waals surface area contributed by atoms with Crippen molar-refractivity contribution in [2.75, 3.05) is 6.61 Å². The van der Waals surface area contributed by atoms with Crippen LogP contribution in [0.25, 0.3) is 16.9 Å². The Labute approximate surface area is 224 Å². The molecule has 1 aliphatic rings. The highest BCUT2D eigenvalue weighted by Crippen LogP contribution is 2.39. The Kier molecular flexibility index (Phi) is 7.18. The molecule has 5 rings (SSSR count). The van der Waals surface area contributed by atoms with Crippen molar-refractivity contribution in [1.29, 1.82) is 0 Å². The minimum Gasteiger partial charge on any atom is -0.394 e. The van der Waals surface area contributed by atoms with Gasteiger partial charge >= 0.3 is 0 Å². The van der Waals surface area contributed by atoms with Crippen molar-refractivity contribution in [3.8, 4) is 16.9 Å². The van der Waals surface area contributed by atoms with E-state index < -0.39 is 42.6 Å². The van der Waals surface area contributed by atoms with Crippen LogP contribution >= 0.6 is 34.8 Å². The minimum atomic E-state index is -1.20. The molecule has 1 fully saturated rings. The number of ether oxygens (including phenoxy) is 1. The van der Waals surface area contributed by atoms with Gasteiger partial charge in [-0.15, -0.1) is 5.10 Å². The third kappa shape index (κ3) is 4.83. The van der Waals surface area contributed by atoms with Crippen LogP contribution in [0, 0.1) is 18.6 Å². The highest BCUT2D eigenvalue weighted by Gasteiger charge is 2.42. The van der Waals surface area contributed by atoms with E-state index in [2.05, 4.69) is 20.4 Å². The summed E-state index contributed by atoms with van der Waals surface area (Å²) in [5.41, 5.74) is 0.365. The molecule has 0 amide bonds. The number of aryl methyl sites for hydroxylation is 1. The first-order valence-corrected chi connectivity index (χ1v) is 12.2. The fraction of sp³-hybridized carbons (Fsp3) is 0.304. The summed E-state index contributed by atoms with van der Waals surface area (Å²) in [6.45, 7) is 1.19. The molecule has 14 heteroatoms. The van der Waals surface area contributed by atoms with Crippen molar-refractivity contribution >= 4 is 34.8 Å². The van der Waals surface area contributed by atoms with Gasteiger partial charge in [0.15, 0.2) is 17.5 Å². The zero-order valence-corrected chi connectivity index (χ0v) is 21.3. The van der Waals surface area contributed by atoms with Crippen LogP contribution in [0.5, 0.6) is 0 Å². The van der Waals surface area contributed by atoms with Gasteiger partial charge in [0.1, 0.15) is 29.8 Å². The van der Waals surface area contributed by atoms with Crippen LogP contribution in [0.2, 0.25) is 15.1 Å². The minimum absolute atomic E-state index is 0.0357. The maximum Gasteiger partial charge on any atom is 0.178 e. The van der Waals surface area contributed by atoms with Gasteiger partial charge in [-0.3, -0.25) is 0 Å². The van der Waals surface area contributed by atoms with Crippen LogP contribution in [-0.4, -0.2) is 58.8 Å². The number of nitrogens with zero attached hydrogens (tertiary/aromatic N) is 6. The van der Waals surface area contributed by atoms with Gasteiger partial charge in [-0.2, -0.15) is 5.10 Å². The van der Waals surface area contributed by atoms with Crippen LogP contribution in [0.15, 0.2) is 36.5 Å². The van der Waals surface area contributed by atoms with Crippen molar-refractivity contribution in [2.24, 2.45) is 0 Å². The van der Waals surface area contributed by atoms with Crippen LogP contribution in [0.1, 0.15) is 30.2 Å². The number of rotatable bonds is 5. The van der Waals surface area contributed by atoms with Crippen LogP contribution in [-0.2, 0) is 4.74 Å². The lowest BCUT2D eigenvalue weighted by atomic mass is 9.95. The van der Waals surface area contributed by atoms with Crippen molar-refractivity contribution in [2.45, 2.75) is 37.7 Å². The monoisotopic (exact) mass is 570 g/mol. The molecule has 4 unspecified atom stereocenters. The molecule has 0 radical (unpaired) electrons. The second kappa shape index (κ2) is 10.2.